The molecule has 0 fully saturated rings. The predicted octanol–water partition coefficient (Wildman–Crippen LogP) is 1.90. The van der Waals surface area contributed by atoms with E-state index in [-0.39, 0.29) is 5.82 Å². The van der Waals surface area contributed by atoms with Crippen LogP contribution in [0.15, 0.2) is 23.0 Å². The summed E-state index contributed by atoms with van der Waals surface area (Å²) in [5.41, 5.74) is 8.92. The van der Waals surface area contributed by atoms with Crippen LogP contribution in [0.2, 0.25) is 0 Å². The van der Waals surface area contributed by atoms with Crippen LogP contribution in [0.4, 0.5) is 5.82 Å². The normalized spacial score (nSPS) is 10.5. The van der Waals surface area contributed by atoms with Crippen LogP contribution >= 0.6 is 0 Å². The number of methoxy groups -OCH3 is 1. The molecule has 0 aliphatic heterocycles. The maximum absolute atomic E-state index is 11.3. The lowest BCUT2D eigenvalue weighted by atomic mass is 10.0. The Kier molecular flexibility index (Phi) is 3.55. The number of hydrogen-bond acceptors (Lipinski definition) is 4. The second-order valence-corrected chi connectivity index (χ2v) is 4.31. The second kappa shape index (κ2) is 5.14. The third-order valence-electron chi connectivity index (χ3n) is 3.10. The van der Waals surface area contributed by atoms with Crippen LogP contribution < -0.4 is 16.2 Å². The number of anilines is 1. The molecule has 100 valence electrons. The number of H-pyrrole nitrogens is 1. The number of aromatic amines is 1. The Labute approximate surface area is 111 Å². The van der Waals surface area contributed by atoms with Crippen LogP contribution in [-0.4, -0.2) is 17.1 Å². The number of nitrogen functional groups attached to an aromatic ring is 1. The maximum Gasteiger partial charge on any atom is 0.347 e. The minimum Gasteiger partial charge on any atom is -0.496 e. The summed E-state index contributed by atoms with van der Waals surface area (Å²) in [6.07, 6.45) is 0.854. The minimum absolute atomic E-state index is 0.244. The van der Waals surface area contributed by atoms with Crippen molar-refractivity contribution in [1.82, 2.24) is 9.97 Å². The van der Waals surface area contributed by atoms with Crippen molar-refractivity contribution in [2.24, 2.45) is 0 Å². The molecule has 0 spiro atoms. The Bertz CT molecular complexity index is 636. The van der Waals surface area contributed by atoms with Gasteiger partial charge in [-0.3, -0.25) is 0 Å². The Morgan fingerprint density at radius 3 is 2.74 bits per heavy atom. The van der Waals surface area contributed by atoms with Gasteiger partial charge in [0, 0.05) is 11.3 Å². The summed E-state index contributed by atoms with van der Waals surface area (Å²) < 4.78 is 5.30. The van der Waals surface area contributed by atoms with Crippen molar-refractivity contribution in [3.05, 3.63) is 39.9 Å². The standard InChI is InChI=1S/C14H17N3O2/c1-4-9-7-10(5-6-11(9)19-3)12-8(2)16-14(18)17-13(12)15/h5-7H,4H2,1-3H3,(H3,15,16,17,18). The molecule has 0 saturated heterocycles. The molecule has 3 N–H and O–H groups in total. The van der Waals surface area contributed by atoms with Crippen molar-refractivity contribution in [1.29, 1.82) is 0 Å². The van der Waals surface area contributed by atoms with E-state index in [1.165, 1.54) is 0 Å². The molecule has 0 bridgehead atoms. The highest BCUT2D eigenvalue weighted by Gasteiger charge is 2.11. The highest BCUT2D eigenvalue weighted by Crippen LogP contribution is 2.30. The van der Waals surface area contributed by atoms with E-state index in [2.05, 4.69) is 16.9 Å². The number of ether oxygens (including phenoxy) is 1. The minimum atomic E-state index is -0.428. The highest BCUT2D eigenvalue weighted by atomic mass is 16.5. The van der Waals surface area contributed by atoms with Gasteiger partial charge in [0.1, 0.15) is 11.6 Å². The van der Waals surface area contributed by atoms with Gasteiger partial charge in [-0.15, -0.1) is 0 Å². The van der Waals surface area contributed by atoms with E-state index in [0.29, 0.717) is 5.69 Å². The summed E-state index contributed by atoms with van der Waals surface area (Å²) in [6.45, 7) is 3.87. The molecule has 5 nitrogen and oxygen atoms in total. The summed E-state index contributed by atoms with van der Waals surface area (Å²) >= 11 is 0. The molecule has 0 saturated carbocycles. The van der Waals surface area contributed by atoms with Gasteiger partial charge in [-0.1, -0.05) is 13.0 Å². The third-order valence-corrected chi connectivity index (χ3v) is 3.10. The Balaban J connectivity index is 2.63. The molecule has 2 rings (SSSR count). The van der Waals surface area contributed by atoms with E-state index in [9.17, 15) is 4.79 Å². The number of nitrogens with two attached hydrogens (primary N) is 1. The van der Waals surface area contributed by atoms with Crippen LogP contribution in [0.1, 0.15) is 18.2 Å². The van der Waals surface area contributed by atoms with Crippen LogP contribution in [0.3, 0.4) is 0 Å². The summed E-state index contributed by atoms with van der Waals surface area (Å²) in [7, 11) is 1.65. The topological polar surface area (TPSA) is 81.0 Å². The SMILES string of the molecule is CCc1cc(-c2c(N)nc(=O)[nH]c2C)ccc1OC. The van der Waals surface area contributed by atoms with E-state index in [4.69, 9.17) is 10.5 Å². The quantitative estimate of drug-likeness (QED) is 0.882. The van der Waals surface area contributed by atoms with Crippen molar-refractivity contribution < 1.29 is 4.74 Å². The molecule has 1 aromatic heterocycles. The fourth-order valence-corrected chi connectivity index (χ4v) is 2.18. The van der Waals surface area contributed by atoms with E-state index >= 15 is 0 Å². The zero-order valence-corrected chi connectivity index (χ0v) is 11.3. The van der Waals surface area contributed by atoms with Gasteiger partial charge < -0.3 is 15.5 Å². The molecule has 0 aliphatic rings. The Hall–Kier alpha value is -2.30. The monoisotopic (exact) mass is 259 g/mol. The average Bonchev–Trinajstić information content (AvgIpc) is 2.37. The lowest BCUT2D eigenvalue weighted by Gasteiger charge is -2.12. The molecule has 2 aromatic rings. The highest BCUT2D eigenvalue weighted by molar-refractivity contribution is 5.76. The first-order valence-corrected chi connectivity index (χ1v) is 6.10. The molecule has 0 radical (unpaired) electrons. The summed E-state index contributed by atoms with van der Waals surface area (Å²) in [4.78, 5) is 17.7. The van der Waals surface area contributed by atoms with Gasteiger partial charge in [0.2, 0.25) is 0 Å². The number of nitrogens with zero attached hydrogens (tertiary/aromatic N) is 1. The van der Waals surface area contributed by atoms with Gasteiger partial charge in [-0.25, -0.2) is 4.79 Å². The zero-order valence-electron chi connectivity index (χ0n) is 11.3. The van der Waals surface area contributed by atoms with Crippen molar-refractivity contribution in [2.75, 3.05) is 12.8 Å². The predicted molar refractivity (Wildman–Crippen MR) is 75.4 cm³/mol. The fourth-order valence-electron chi connectivity index (χ4n) is 2.18. The number of rotatable bonds is 3. The van der Waals surface area contributed by atoms with Crippen LogP contribution in [-0.2, 0) is 6.42 Å². The van der Waals surface area contributed by atoms with E-state index in [0.717, 1.165) is 28.9 Å². The number of aryl methyl sites for hydroxylation is 2. The maximum atomic E-state index is 11.3. The van der Waals surface area contributed by atoms with Crippen molar-refractivity contribution in [3.63, 3.8) is 0 Å². The number of hydrogen-bond donors (Lipinski definition) is 2. The van der Waals surface area contributed by atoms with Crippen molar-refractivity contribution >= 4 is 5.82 Å². The smallest absolute Gasteiger partial charge is 0.347 e. The summed E-state index contributed by atoms with van der Waals surface area (Å²) in [6, 6.07) is 5.83. The summed E-state index contributed by atoms with van der Waals surface area (Å²) in [5, 5.41) is 0. The van der Waals surface area contributed by atoms with Gasteiger partial charge in [-0.05, 0) is 36.6 Å². The first-order chi connectivity index (χ1) is 9.06. The molecule has 0 atom stereocenters. The third kappa shape index (κ3) is 2.45. The van der Waals surface area contributed by atoms with Crippen molar-refractivity contribution in [2.45, 2.75) is 20.3 Å². The number of benzene rings is 1. The molecule has 5 heteroatoms. The fraction of sp³-hybridized carbons (Fsp3) is 0.286. The van der Waals surface area contributed by atoms with Crippen molar-refractivity contribution in [3.8, 4) is 16.9 Å². The van der Waals surface area contributed by atoms with Gasteiger partial charge >= 0.3 is 5.69 Å². The van der Waals surface area contributed by atoms with Crippen LogP contribution in [0.25, 0.3) is 11.1 Å². The van der Waals surface area contributed by atoms with Gasteiger partial charge in [0.25, 0.3) is 0 Å². The number of aromatic nitrogens is 2. The summed E-state index contributed by atoms with van der Waals surface area (Å²) in [5.74, 6) is 1.09. The van der Waals surface area contributed by atoms with E-state index in [1.54, 1.807) is 7.11 Å². The first-order valence-electron chi connectivity index (χ1n) is 6.10. The molecular weight excluding hydrogens is 242 g/mol. The lowest BCUT2D eigenvalue weighted by Crippen LogP contribution is -2.15. The average molecular weight is 259 g/mol. The Morgan fingerprint density at radius 2 is 2.16 bits per heavy atom. The first kappa shape index (κ1) is 13.1. The molecule has 1 aromatic carbocycles. The molecule has 0 aliphatic carbocycles. The molecular formula is C14H17N3O2. The van der Waals surface area contributed by atoms with Crippen LogP contribution in [0, 0.1) is 6.92 Å². The lowest BCUT2D eigenvalue weighted by molar-refractivity contribution is 0.410. The second-order valence-electron chi connectivity index (χ2n) is 4.31. The van der Waals surface area contributed by atoms with Gasteiger partial charge in [0.05, 0.1) is 7.11 Å². The largest absolute Gasteiger partial charge is 0.496 e. The van der Waals surface area contributed by atoms with Crippen LogP contribution in [0.5, 0.6) is 5.75 Å². The van der Waals surface area contributed by atoms with Gasteiger partial charge in [-0.2, -0.15) is 4.98 Å². The molecule has 0 amide bonds. The molecule has 0 unspecified atom stereocenters. The zero-order chi connectivity index (χ0) is 14.0. The van der Waals surface area contributed by atoms with Gasteiger partial charge in [0.15, 0.2) is 0 Å². The number of nitrogens with one attached hydrogen (secondary N) is 1. The molecule has 1 heterocycles. The van der Waals surface area contributed by atoms with E-state index in [1.807, 2.05) is 25.1 Å². The Morgan fingerprint density at radius 1 is 1.42 bits per heavy atom. The van der Waals surface area contributed by atoms with E-state index < -0.39 is 5.69 Å². The molecule has 19 heavy (non-hydrogen) atoms.